The van der Waals surface area contributed by atoms with Gasteiger partial charge >= 0.3 is 5.97 Å². The van der Waals surface area contributed by atoms with Crippen molar-refractivity contribution < 1.29 is 23.5 Å². The van der Waals surface area contributed by atoms with Crippen molar-refractivity contribution in [2.24, 2.45) is 0 Å². The summed E-state index contributed by atoms with van der Waals surface area (Å²) < 4.78 is 24.4. The molecule has 0 aliphatic carbocycles. The number of amides is 1. The SMILES string of the molecule is CCOC(=O)Cc1ccc(OC)c(-c2ccc(F)cc2CN(CC)C(C)=O)c1. The predicted octanol–water partition coefficient (Wildman–Crippen LogP) is 3.98. The quantitative estimate of drug-likeness (QED) is 0.643. The lowest BCUT2D eigenvalue weighted by molar-refractivity contribution is -0.142. The predicted molar refractivity (Wildman–Crippen MR) is 105 cm³/mol. The number of esters is 1. The van der Waals surface area contributed by atoms with Crippen LogP contribution in [0.4, 0.5) is 4.39 Å². The minimum Gasteiger partial charge on any atom is -0.496 e. The Bertz CT molecular complexity index is 850. The number of nitrogens with zero attached hydrogens (tertiary/aromatic N) is 1. The first-order valence-corrected chi connectivity index (χ1v) is 9.26. The second-order valence-corrected chi connectivity index (χ2v) is 6.35. The zero-order valence-corrected chi connectivity index (χ0v) is 16.8. The van der Waals surface area contributed by atoms with Crippen LogP contribution in [0, 0.1) is 5.82 Å². The Morgan fingerprint density at radius 1 is 1.07 bits per heavy atom. The van der Waals surface area contributed by atoms with Crippen LogP contribution in [0.25, 0.3) is 11.1 Å². The van der Waals surface area contributed by atoms with E-state index in [2.05, 4.69) is 0 Å². The Hall–Kier alpha value is -2.89. The molecule has 0 aliphatic rings. The van der Waals surface area contributed by atoms with Crippen molar-refractivity contribution in [1.82, 2.24) is 4.90 Å². The molecule has 5 nitrogen and oxygen atoms in total. The average molecular weight is 387 g/mol. The maximum atomic E-state index is 13.9. The molecule has 0 aromatic heterocycles. The molecule has 0 unspecified atom stereocenters. The first-order valence-electron chi connectivity index (χ1n) is 9.26. The normalized spacial score (nSPS) is 10.5. The van der Waals surface area contributed by atoms with Gasteiger partial charge in [-0.2, -0.15) is 0 Å². The maximum absolute atomic E-state index is 13.9. The number of hydrogen-bond donors (Lipinski definition) is 0. The molecule has 2 rings (SSSR count). The van der Waals surface area contributed by atoms with E-state index in [4.69, 9.17) is 9.47 Å². The van der Waals surface area contributed by atoms with Crippen LogP contribution in [-0.4, -0.2) is 37.0 Å². The lowest BCUT2D eigenvalue weighted by atomic mass is 9.95. The molecule has 0 heterocycles. The van der Waals surface area contributed by atoms with Gasteiger partial charge in [-0.1, -0.05) is 12.1 Å². The van der Waals surface area contributed by atoms with Gasteiger partial charge in [0.05, 0.1) is 20.1 Å². The summed E-state index contributed by atoms with van der Waals surface area (Å²) in [7, 11) is 1.56. The first kappa shape index (κ1) is 21.4. The van der Waals surface area contributed by atoms with Crippen LogP contribution in [0.5, 0.6) is 5.75 Å². The molecule has 0 bridgehead atoms. The van der Waals surface area contributed by atoms with E-state index in [0.717, 1.165) is 16.7 Å². The van der Waals surface area contributed by atoms with Gasteiger partial charge in [0, 0.05) is 25.6 Å². The van der Waals surface area contributed by atoms with Crippen LogP contribution in [0.1, 0.15) is 31.9 Å². The molecule has 0 atom stereocenters. The summed E-state index contributed by atoms with van der Waals surface area (Å²) in [5.41, 5.74) is 2.93. The van der Waals surface area contributed by atoms with E-state index in [1.54, 1.807) is 37.1 Å². The number of carbonyl (C=O) groups excluding carboxylic acids is 2. The van der Waals surface area contributed by atoms with E-state index in [1.807, 2.05) is 13.0 Å². The molecule has 1 amide bonds. The number of rotatable bonds is 8. The van der Waals surface area contributed by atoms with Crippen molar-refractivity contribution in [2.45, 2.75) is 33.7 Å². The van der Waals surface area contributed by atoms with Crippen molar-refractivity contribution in [1.29, 1.82) is 0 Å². The highest BCUT2D eigenvalue weighted by Crippen LogP contribution is 2.34. The van der Waals surface area contributed by atoms with Crippen molar-refractivity contribution in [2.75, 3.05) is 20.3 Å². The van der Waals surface area contributed by atoms with Crippen molar-refractivity contribution >= 4 is 11.9 Å². The molecule has 0 radical (unpaired) electrons. The Morgan fingerprint density at radius 2 is 1.82 bits per heavy atom. The standard InChI is InChI=1S/C22H26FNO4/c1-5-24(15(3)25)14-17-13-18(23)8-9-19(17)20-11-16(7-10-21(20)27-4)12-22(26)28-6-2/h7-11,13H,5-6,12,14H2,1-4H3. The van der Waals surface area contributed by atoms with Gasteiger partial charge in [-0.3, -0.25) is 9.59 Å². The molecule has 0 N–H and O–H groups in total. The molecule has 0 saturated heterocycles. The first-order chi connectivity index (χ1) is 13.4. The van der Waals surface area contributed by atoms with Crippen molar-refractivity contribution in [3.8, 4) is 16.9 Å². The smallest absolute Gasteiger partial charge is 0.310 e. The summed E-state index contributed by atoms with van der Waals surface area (Å²) in [5, 5.41) is 0. The number of ether oxygens (including phenoxy) is 2. The van der Waals surface area contributed by atoms with Gasteiger partial charge in [0.2, 0.25) is 5.91 Å². The summed E-state index contributed by atoms with van der Waals surface area (Å²) in [6.45, 7) is 6.25. The second-order valence-electron chi connectivity index (χ2n) is 6.35. The molecule has 0 aliphatic heterocycles. The number of benzene rings is 2. The van der Waals surface area contributed by atoms with E-state index in [0.29, 0.717) is 24.5 Å². The molecule has 0 spiro atoms. The van der Waals surface area contributed by atoms with E-state index in [-0.39, 0.29) is 30.7 Å². The zero-order chi connectivity index (χ0) is 20.7. The average Bonchev–Trinajstić information content (AvgIpc) is 2.66. The molecular weight excluding hydrogens is 361 g/mol. The van der Waals surface area contributed by atoms with Crippen LogP contribution in [0.15, 0.2) is 36.4 Å². The Labute approximate surface area is 165 Å². The Balaban J connectivity index is 2.50. The largest absolute Gasteiger partial charge is 0.496 e. The fourth-order valence-corrected chi connectivity index (χ4v) is 3.06. The fourth-order valence-electron chi connectivity index (χ4n) is 3.06. The minimum absolute atomic E-state index is 0.0827. The lowest BCUT2D eigenvalue weighted by Crippen LogP contribution is -2.28. The van der Waals surface area contributed by atoms with Gasteiger partial charge in [0.1, 0.15) is 11.6 Å². The van der Waals surface area contributed by atoms with Crippen molar-refractivity contribution in [3.63, 3.8) is 0 Å². The lowest BCUT2D eigenvalue weighted by Gasteiger charge is -2.22. The summed E-state index contributed by atoms with van der Waals surface area (Å²) in [6, 6.07) is 9.90. The third-order valence-electron chi connectivity index (χ3n) is 4.46. The maximum Gasteiger partial charge on any atom is 0.310 e. The fraction of sp³-hybridized carbons (Fsp3) is 0.364. The summed E-state index contributed by atoms with van der Waals surface area (Å²) in [6.07, 6.45) is 0.135. The second kappa shape index (κ2) is 9.88. The molecule has 2 aromatic rings. The van der Waals surface area contributed by atoms with Crippen LogP contribution in [-0.2, 0) is 27.3 Å². The highest BCUT2D eigenvalue weighted by atomic mass is 19.1. The van der Waals surface area contributed by atoms with Crippen LogP contribution >= 0.6 is 0 Å². The highest BCUT2D eigenvalue weighted by Gasteiger charge is 2.16. The number of methoxy groups -OCH3 is 1. The molecular formula is C22H26FNO4. The van der Waals surface area contributed by atoms with Gasteiger partial charge < -0.3 is 14.4 Å². The van der Waals surface area contributed by atoms with Gasteiger partial charge in [-0.15, -0.1) is 0 Å². The Kier molecular flexibility index (Phi) is 7.55. The van der Waals surface area contributed by atoms with Gasteiger partial charge in [-0.25, -0.2) is 4.39 Å². The topological polar surface area (TPSA) is 55.8 Å². The van der Waals surface area contributed by atoms with Gasteiger partial charge in [-0.05, 0) is 54.8 Å². The van der Waals surface area contributed by atoms with E-state index in [1.165, 1.54) is 19.1 Å². The zero-order valence-electron chi connectivity index (χ0n) is 16.8. The molecule has 28 heavy (non-hydrogen) atoms. The summed E-state index contributed by atoms with van der Waals surface area (Å²) >= 11 is 0. The number of hydrogen-bond acceptors (Lipinski definition) is 4. The Morgan fingerprint density at radius 3 is 2.43 bits per heavy atom. The summed E-state index contributed by atoms with van der Waals surface area (Å²) in [5.74, 6) is -0.168. The number of halogens is 1. The van der Waals surface area contributed by atoms with Crippen LogP contribution in [0.2, 0.25) is 0 Å². The molecule has 6 heteroatoms. The van der Waals surface area contributed by atoms with Gasteiger partial charge in [0.25, 0.3) is 0 Å². The molecule has 2 aromatic carbocycles. The molecule has 150 valence electrons. The van der Waals surface area contributed by atoms with E-state index >= 15 is 0 Å². The summed E-state index contributed by atoms with van der Waals surface area (Å²) in [4.78, 5) is 25.3. The molecule has 0 saturated carbocycles. The third kappa shape index (κ3) is 5.31. The monoisotopic (exact) mass is 387 g/mol. The van der Waals surface area contributed by atoms with E-state index < -0.39 is 0 Å². The molecule has 0 fully saturated rings. The van der Waals surface area contributed by atoms with Crippen molar-refractivity contribution in [3.05, 3.63) is 53.3 Å². The highest BCUT2D eigenvalue weighted by molar-refractivity contribution is 5.78. The third-order valence-corrected chi connectivity index (χ3v) is 4.46. The van der Waals surface area contributed by atoms with E-state index in [9.17, 15) is 14.0 Å². The van der Waals surface area contributed by atoms with Crippen LogP contribution in [0.3, 0.4) is 0 Å². The number of carbonyl (C=O) groups is 2. The van der Waals surface area contributed by atoms with Crippen LogP contribution < -0.4 is 4.74 Å². The van der Waals surface area contributed by atoms with Gasteiger partial charge in [0.15, 0.2) is 0 Å². The minimum atomic E-state index is -0.375.